The van der Waals surface area contributed by atoms with Gasteiger partial charge in [-0.05, 0) is 43.4 Å². The lowest BCUT2D eigenvalue weighted by atomic mass is 9.90. The molecule has 1 aromatic rings. The Labute approximate surface area is 108 Å². The van der Waals surface area contributed by atoms with E-state index in [0.29, 0.717) is 0 Å². The van der Waals surface area contributed by atoms with Crippen LogP contribution in [0.3, 0.4) is 0 Å². The van der Waals surface area contributed by atoms with Gasteiger partial charge in [-0.1, -0.05) is 25.1 Å². The summed E-state index contributed by atoms with van der Waals surface area (Å²) in [5.41, 5.74) is 1.60. The van der Waals surface area contributed by atoms with Gasteiger partial charge in [-0.15, -0.1) is 11.8 Å². The first-order valence-electron chi connectivity index (χ1n) is 6.85. The monoisotopic (exact) mass is 247 g/mol. The number of fused-ring (bicyclic) bond motifs is 1. The van der Waals surface area contributed by atoms with Crippen LogP contribution in [0.25, 0.3) is 0 Å². The number of hydrogen-bond acceptors (Lipinski definition) is 2. The molecule has 0 aromatic heterocycles. The fourth-order valence-corrected chi connectivity index (χ4v) is 4.20. The van der Waals surface area contributed by atoms with Crippen molar-refractivity contribution < 1.29 is 0 Å². The highest BCUT2D eigenvalue weighted by molar-refractivity contribution is 7.99. The van der Waals surface area contributed by atoms with Crippen molar-refractivity contribution in [3.05, 3.63) is 29.8 Å². The lowest BCUT2D eigenvalue weighted by Gasteiger charge is -2.25. The lowest BCUT2D eigenvalue weighted by molar-refractivity contribution is 0.411. The fraction of sp³-hybridized carbons (Fsp3) is 0.600. The van der Waals surface area contributed by atoms with Gasteiger partial charge in [0.15, 0.2) is 0 Å². The highest BCUT2D eigenvalue weighted by Gasteiger charge is 2.39. The molecule has 1 aliphatic carbocycles. The molecule has 0 amide bonds. The largest absolute Gasteiger partial charge is 0.313 e. The number of rotatable bonds is 5. The van der Waals surface area contributed by atoms with E-state index in [1.807, 2.05) is 11.8 Å². The predicted octanol–water partition coefficient (Wildman–Crippen LogP) is 3.65. The fourth-order valence-electron chi connectivity index (χ4n) is 2.89. The molecular formula is C15H21NS. The minimum Gasteiger partial charge on any atom is -0.313 e. The van der Waals surface area contributed by atoms with Crippen molar-refractivity contribution in [2.24, 2.45) is 5.92 Å². The van der Waals surface area contributed by atoms with E-state index in [0.717, 1.165) is 17.9 Å². The maximum absolute atomic E-state index is 3.80. The van der Waals surface area contributed by atoms with Crippen LogP contribution in [0.2, 0.25) is 0 Å². The predicted molar refractivity (Wildman–Crippen MR) is 74.7 cm³/mol. The third-order valence-corrected chi connectivity index (χ3v) is 5.14. The van der Waals surface area contributed by atoms with Gasteiger partial charge in [-0.2, -0.15) is 0 Å². The van der Waals surface area contributed by atoms with Gasteiger partial charge in [-0.3, -0.25) is 0 Å². The Morgan fingerprint density at radius 1 is 1.35 bits per heavy atom. The summed E-state index contributed by atoms with van der Waals surface area (Å²) in [4.78, 5) is 1.52. The van der Waals surface area contributed by atoms with Crippen LogP contribution in [0.1, 0.15) is 37.7 Å². The Hall–Kier alpha value is -0.470. The zero-order valence-corrected chi connectivity index (χ0v) is 11.3. The van der Waals surface area contributed by atoms with Crippen molar-refractivity contribution >= 4 is 11.8 Å². The van der Waals surface area contributed by atoms with Crippen molar-refractivity contribution in [2.75, 3.05) is 12.3 Å². The first-order valence-corrected chi connectivity index (χ1v) is 7.84. The summed E-state index contributed by atoms with van der Waals surface area (Å²) in [5, 5.41) is 3.80. The SMILES string of the molecule is CCCNC(C1CC1)C1CSc2ccccc21. The van der Waals surface area contributed by atoms with Gasteiger partial charge in [0.25, 0.3) is 0 Å². The third kappa shape index (κ3) is 2.38. The second-order valence-corrected chi connectivity index (χ2v) is 6.33. The van der Waals surface area contributed by atoms with Crippen LogP contribution in [0, 0.1) is 5.92 Å². The van der Waals surface area contributed by atoms with Crippen LogP contribution in [-0.2, 0) is 0 Å². The highest BCUT2D eigenvalue weighted by Crippen LogP contribution is 2.47. The summed E-state index contributed by atoms with van der Waals surface area (Å²) < 4.78 is 0. The van der Waals surface area contributed by atoms with E-state index in [-0.39, 0.29) is 0 Å². The molecule has 17 heavy (non-hydrogen) atoms. The van der Waals surface area contributed by atoms with Crippen molar-refractivity contribution in [1.29, 1.82) is 0 Å². The van der Waals surface area contributed by atoms with Crippen LogP contribution in [-0.4, -0.2) is 18.3 Å². The van der Waals surface area contributed by atoms with E-state index < -0.39 is 0 Å². The zero-order chi connectivity index (χ0) is 11.7. The van der Waals surface area contributed by atoms with Crippen molar-refractivity contribution in [2.45, 2.75) is 43.0 Å². The molecular weight excluding hydrogens is 226 g/mol. The molecule has 2 heteroatoms. The molecule has 1 aromatic carbocycles. The molecule has 92 valence electrons. The molecule has 1 aliphatic heterocycles. The van der Waals surface area contributed by atoms with E-state index in [2.05, 4.69) is 36.5 Å². The van der Waals surface area contributed by atoms with E-state index in [4.69, 9.17) is 0 Å². The average Bonchev–Trinajstić information content (AvgIpc) is 3.11. The summed E-state index contributed by atoms with van der Waals surface area (Å²) in [7, 11) is 0. The summed E-state index contributed by atoms with van der Waals surface area (Å²) in [6, 6.07) is 9.71. The Morgan fingerprint density at radius 3 is 2.94 bits per heavy atom. The molecule has 0 bridgehead atoms. The Morgan fingerprint density at radius 2 is 2.18 bits per heavy atom. The number of hydrogen-bond donors (Lipinski definition) is 1. The molecule has 2 unspecified atom stereocenters. The number of benzene rings is 1. The Kier molecular flexibility index (Phi) is 3.44. The average molecular weight is 247 g/mol. The van der Waals surface area contributed by atoms with Gasteiger partial charge in [0.05, 0.1) is 0 Å². The van der Waals surface area contributed by atoms with Crippen LogP contribution < -0.4 is 5.32 Å². The Bertz CT molecular complexity index is 386. The molecule has 1 heterocycles. The summed E-state index contributed by atoms with van der Waals surface area (Å²) in [6.45, 7) is 3.43. The number of thioether (sulfide) groups is 1. The summed E-state index contributed by atoms with van der Waals surface area (Å²) >= 11 is 2.04. The highest BCUT2D eigenvalue weighted by atomic mass is 32.2. The zero-order valence-electron chi connectivity index (χ0n) is 10.5. The van der Waals surface area contributed by atoms with Crippen LogP contribution in [0.15, 0.2) is 29.2 Å². The molecule has 1 fully saturated rings. The summed E-state index contributed by atoms with van der Waals surface area (Å²) in [6.07, 6.45) is 4.11. The molecule has 2 aliphatic rings. The van der Waals surface area contributed by atoms with Crippen molar-refractivity contribution in [3.63, 3.8) is 0 Å². The summed E-state index contributed by atoms with van der Waals surface area (Å²) in [5.74, 6) is 2.96. The smallest absolute Gasteiger partial charge is 0.0172 e. The lowest BCUT2D eigenvalue weighted by Crippen LogP contribution is -2.37. The topological polar surface area (TPSA) is 12.0 Å². The second kappa shape index (κ2) is 5.03. The quantitative estimate of drug-likeness (QED) is 0.852. The molecule has 3 rings (SSSR count). The maximum atomic E-state index is 3.80. The van der Waals surface area contributed by atoms with E-state index in [1.54, 1.807) is 5.56 Å². The standard InChI is InChI=1S/C15H21NS/c1-2-9-16-15(11-7-8-11)13-10-17-14-6-4-3-5-12(13)14/h3-6,11,13,15-16H,2,7-10H2,1H3. The molecule has 1 N–H and O–H groups in total. The number of nitrogens with one attached hydrogen (secondary N) is 1. The van der Waals surface area contributed by atoms with Gasteiger partial charge in [0.1, 0.15) is 0 Å². The molecule has 0 radical (unpaired) electrons. The molecule has 1 nitrogen and oxygen atoms in total. The normalized spacial score (nSPS) is 24.6. The molecule has 2 atom stereocenters. The molecule has 0 spiro atoms. The maximum Gasteiger partial charge on any atom is 0.0172 e. The van der Waals surface area contributed by atoms with Gasteiger partial charge in [0, 0.05) is 22.6 Å². The first-order chi connectivity index (χ1) is 8.40. The van der Waals surface area contributed by atoms with Crippen LogP contribution in [0.5, 0.6) is 0 Å². The van der Waals surface area contributed by atoms with E-state index in [9.17, 15) is 0 Å². The van der Waals surface area contributed by atoms with Gasteiger partial charge in [-0.25, -0.2) is 0 Å². The van der Waals surface area contributed by atoms with Crippen LogP contribution in [0.4, 0.5) is 0 Å². The van der Waals surface area contributed by atoms with E-state index in [1.165, 1.54) is 36.5 Å². The first kappa shape index (κ1) is 11.6. The third-order valence-electron chi connectivity index (χ3n) is 3.93. The molecule has 0 saturated heterocycles. The van der Waals surface area contributed by atoms with Gasteiger partial charge in [0.2, 0.25) is 0 Å². The Balaban J connectivity index is 1.78. The van der Waals surface area contributed by atoms with Crippen molar-refractivity contribution in [3.8, 4) is 0 Å². The van der Waals surface area contributed by atoms with Crippen LogP contribution >= 0.6 is 11.8 Å². The van der Waals surface area contributed by atoms with Gasteiger partial charge >= 0.3 is 0 Å². The minimum atomic E-state index is 0.728. The molecule has 1 saturated carbocycles. The minimum absolute atomic E-state index is 0.728. The van der Waals surface area contributed by atoms with E-state index >= 15 is 0 Å². The second-order valence-electron chi connectivity index (χ2n) is 5.27. The van der Waals surface area contributed by atoms with Crippen molar-refractivity contribution in [1.82, 2.24) is 5.32 Å². The van der Waals surface area contributed by atoms with Gasteiger partial charge < -0.3 is 5.32 Å².